The summed E-state index contributed by atoms with van der Waals surface area (Å²) in [5.74, 6) is 1.04. The second-order valence-corrected chi connectivity index (χ2v) is 7.09. The normalized spacial score (nSPS) is 17.7. The lowest BCUT2D eigenvalue weighted by atomic mass is 10.2. The Morgan fingerprint density at radius 2 is 2.25 bits per heavy atom. The first kappa shape index (κ1) is 15.3. The van der Waals surface area contributed by atoms with Gasteiger partial charge in [-0.1, -0.05) is 19.1 Å². The molecule has 24 heavy (non-hydrogen) atoms. The summed E-state index contributed by atoms with van der Waals surface area (Å²) in [7, 11) is 0. The first-order chi connectivity index (χ1) is 11.7. The number of benzene rings is 1. The lowest BCUT2D eigenvalue weighted by Gasteiger charge is -2.22. The minimum atomic E-state index is 0.0502. The van der Waals surface area contributed by atoms with E-state index in [4.69, 9.17) is 0 Å². The number of para-hydroxylation sites is 2. The molecule has 0 aliphatic carbocycles. The zero-order chi connectivity index (χ0) is 16.5. The number of carbonyl (C=O) groups excluding carboxylic acids is 1. The van der Waals surface area contributed by atoms with Crippen molar-refractivity contribution in [2.24, 2.45) is 0 Å². The largest absolute Gasteiger partial charge is 0.340 e. The quantitative estimate of drug-likeness (QED) is 0.791. The third kappa shape index (κ3) is 2.82. The number of nitrogens with one attached hydrogen (secondary N) is 1. The molecular formula is C18H20N4OS. The van der Waals surface area contributed by atoms with Gasteiger partial charge in [-0.2, -0.15) is 0 Å². The van der Waals surface area contributed by atoms with Crippen molar-refractivity contribution in [3.8, 4) is 0 Å². The van der Waals surface area contributed by atoms with Gasteiger partial charge in [-0.25, -0.2) is 9.97 Å². The van der Waals surface area contributed by atoms with Gasteiger partial charge in [0.2, 0.25) is 5.91 Å². The average Bonchev–Trinajstić information content (AvgIpc) is 3.32. The number of nitrogens with zero attached hydrogens (tertiary/aromatic N) is 3. The molecule has 0 radical (unpaired) electrons. The summed E-state index contributed by atoms with van der Waals surface area (Å²) in [5.41, 5.74) is 2.87. The summed E-state index contributed by atoms with van der Waals surface area (Å²) in [6.45, 7) is 2.88. The predicted octanol–water partition coefficient (Wildman–Crippen LogP) is 3.49. The van der Waals surface area contributed by atoms with Crippen LogP contribution in [-0.2, 0) is 17.6 Å². The zero-order valence-electron chi connectivity index (χ0n) is 13.7. The molecule has 1 aliphatic rings. The number of carbonyl (C=O) groups is 1. The number of aryl methyl sites for hydroxylation is 1. The summed E-state index contributed by atoms with van der Waals surface area (Å²) < 4.78 is 0. The van der Waals surface area contributed by atoms with E-state index in [9.17, 15) is 4.79 Å². The molecule has 0 spiro atoms. The fourth-order valence-electron chi connectivity index (χ4n) is 3.33. The van der Waals surface area contributed by atoms with Crippen molar-refractivity contribution in [1.82, 2.24) is 19.9 Å². The third-order valence-electron chi connectivity index (χ3n) is 4.53. The van der Waals surface area contributed by atoms with E-state index in [0.717, 1.165) is 53.4 Å². The molecule has 0 bridgehead atoms. The van der Waals surface area contributed by atoms with Crippen LogP contribution in [0.15, 0.2) is 29.6 Å². The van der Waals surface area contributed by atoms with Crippen molar-refractivity contribution in [2.75, 3.05) is 6.54 Å². The van der Waals surface area contributed by atoms with Crippen molar-refractivity contribution in [3.63, 3.8) is 0 Å². The van der Waals surface area contributed by atoms with Gasteiger partial charge in [0, 0.05) is 11.9 Å². The topological polar surface area (TPSA) is 61.9 Å². The molecule has 6 heteroatoms. The fraction of sp³-hybridized carbons (Fsp3) is 0.389. The van der Waals surface area contributed by atoms with E-state index >= 15 is 0 Å². The second kappa shape index (κ2) is 6.36. The van der Waals surface area contributed by atoms with E-state index in [0.29, 0.717) is 6.42 Å². The number of hydrogen-bond donors (Lipinski definition) is 1. The van der Waals surface area contributed by atoms with E-state index in [1.807, 2.05) is 34.5 Å². The van der Waals surface area contributed by atoms with E-state index in [1.165, 1.54) is 0 Å². The smallest absolute Gasteiger partial charge is 0.229 e. The molecule has 1 saturated heterocycles. The SMILES string of the molecule is CCc1nc(CC(=O)N2CCC[C@H]2c2nc3ccccc3[nH]2)cs1. The number of likely N-dealkylation sites (tertiary alicyclic amines) is 1. The Bertz CT molecular complexity index is 836. The van der Waals surface area contributed by atoms with Crippen LogP contribution in [0, 0.1) is 0 Å². The Morgan fingerprint density at radius 1 is 1.38 bits per heavy atom. The number of fused-ring (bicyclic) bond motifs is 1. The maximum atomic E-state index is 12.8. The molecule has 1 atom stereocenters. The van der Waals surface area contributed by atoms with Crippen molar-refractivity contribution >= 4 is 28.3 Å². The van der Waals surface area contributed by atoms with Crippen LogP contribution in [-0.4, -0.2) is 32.3 Å². The van der Waals surface area contributed by atoms with Gasteiger partial charge in [-0.15, -0.1) is 11.3 Å². The molecule has 3 heterocycles. The predicted molar refractivity (Wildman–Crippen MR) is 95.0 cm³/mol. The van der Waals surface area contributed by atoms with Gasteiger partial charge in [0.05, 0.1) is 34.2 Å². The van der Waals surface area contributed by atoms with E-state index in [1.54, 1.807) is 11.3 Å². The molecule has 1 N–H and O–H groups in total. The van der Waals surface area contributed by atoms with Crippen molar-refractivity contribution < 1.29 is 4.79 Å². The van der Waals surface area contributed by atoms with Crippen LogP contribution >= 0.6 is 11.3 Å². The highest BCUT2D eigenvalue weighted by molar-refractivity contribution is 7.09. The van der Waals surface area contributed by atoms with Crippen molar-refractivity contribution in [2.45, 2.75) is 38.6 Å². The number of thiazole rings is 1. The Balaban J connectivity index is 1.54. The van der Waals surface area contributed by atoms with E-state index in [-0.39, 0.29) is 11.9 Å². The van der Waals surface area contributed by atoms with Crippen molar-refractivity contribution in [3.05, 3.63) is 46.2 Å². The zero-order valence-corrected chi connectivity index (χ0v) is 14.5. The number of aromatic nitrogens is 3. The molecule has 1 aliphatic heterocycles. The van der Waals surface area contributed by atoms with Crippen LogP contribution in [0.1, 0.15) is 42.3 Å². The van der Waals surface area contributed by atoms with Gasteiger partial charge in [0.1, 0.15) is 5.82 Å². The molecule has 124 valence electrons. The first-order valence-electron chi connectivity index (χ1n) is 8.42. The van der Waals surface area contributed by atoms with E-state index < -0.39 is 0 Å². The average molecular weight is 340 g/mol. The Morgan fingerprint density at radius 3 is 3.04 bits per heavy atom. The number of amides is 1. The molecule has 3 aromatic rings. The molecule has 1 amide bonds. The summed E-state index contributed by atoms with van der Waals surface area (Å²) >= 11 is 1.63. The van der Waals surface area contributed by atoms with Gasteiger partial charge in [-0.05, 0) is 31.4 Å². The van der Waals surface area contributed by atoms with Gasteiger partial charge in [-0.3, -0.25) is 4.79 Å². The molecule has 4 rings (SSSR count). The minimum Gasteiger partial charge on any atom is -0.340 e. The maximum Gasteiger partial charge on any atom is 0.229 e. The number of imidazole rings is 1. The standard InChI is InChI=1S/C18H20N4OS/c1-2-16-19-12(11-24-16)10-17(23)22-9-5-8-15(22)18-20-13-6-3-4-7-14(13)21-18/h3-4,6-7,11,15H,2,5,8-10H2,1H3,(H,20,21)/t15-/m0/s1. The van der Waals surface area contributed by atoms with Gasteiger partial charge in [0.15, 0.2) is 0 Å². The van der Waals surface area contributed by atoms with Crippen LogP contribution in [0.3, 0.4) is 0 Å². The molecule has 0 saturated carbocycles. The molecule has 0 unspecified atom stereocenters. The van der Waals surface area contributed by atoms with Crippen molar-refractivity contribution in [1.29, 1.82) is 0 Å². The second-order valence-electron chi connectivity index (χ2n) is 6.15. The van der Waals surface area contributed by atoms with E-state index in [2.05, 4.69) is 21.9 Å². The fourth-order valence-corrected chi connectivity index (χ4v) is 4.07. The van der Waals surface area contributed by atoms with Crippen LogP contribution in [0.4, 0.5) is 0 Å². The highest BCUT2D eigenvalue weighted by Crippen LogP contribution is 2.32. The number of rotatable bonds is 4. The molecular weight excluding hydrogens is 320 g/mol. The highest BCUT2D eigenvalue weighted by Gasteiger charge is 2.32. The van der Waals surface area contributed by atoms with Crippen LogP contribution in [0.5, 0.6) is 0 Å². The van der Waals surface area contributed by atoms with Gasteiger partial charge < -0.3 is 9.88 Å². The molecule has 5 nitrogen and oxygen atoms in total. The van der Waals surface area contributed by atoms with Crippen LogP contribution in [0.25, 0.3) is 11.0 Å². The summed E-state index contributed by atoms with van der Waals surface area (Å²) in [6, 6.07) is 8.05. The third-order valence-corrected chi connectivity index (χ3v) is 5.57. The summed E-state index contributed by atoms with van der Waals surface area (Å²) in [6.07, 6.45) is 3.28. The monoisotopic (exact) mass is 340 g/mol. The summed E-state index contributed by atoms with van der Waals surface area (Å²) in [4.78, 5) is 27.3. The van der Waals surface area contributed by atoms with Crippen LogP contribution < -0.4 is 0 Å². The van der Waals surface area contributed by atoms with Crippen LogP contribution in [0.2, 0.25) is 0 Å². The number of hydrogen-bond acceptors (Lipinski definition) is 4. The maximum absolute atomic E-state index is 12.8. The molecule has 1 fully saturated rings. The first-order valence-corrected chi connectivity index (χ1v) is 9.30. The lowest BCUT2D eigenvalue weighted by Crippen LogP contribution is -2.32. The van der Waals surface area contributed by atoms with Gasteiger partial charge >= 0.3 is 0 Å². The summed E-state index contributed by atoms with van der Waals surface area (Å²) in [5, 5.41) is 3.09. The Kier molecular flexibility index (Phi) is 4.06. The minimum absolute atomic E-state index is 0.0502. The number of aromatic amines is 1. The van der Waals surface area contributed by atoms with Gasteiger partial charge in [0.25, 0.3) is 0 Å². The Hall–Kier alpha value is -2.21. The Labute approximate surface area is 144 Å². The number of H-pyrrole nitrogens is 1. The highest BCUT2D eigenvalue weighted by atomic mass is 32.1. The molecule has 2 aromatic heterocycles. The lowest BCUT2D eigenvalue weighted by molar-refractivity contribution is -0.131. The molecule has 1 aromatic carbocycles.